The number of esters is 1. The number of nitrogens with zero attached hydrogens (tertiary/aromatic N) is 4. The summed E-state index contributed by atoms with van der Waals surface area (Å²) >= 11 is 0. The Morgan fingerprint density at radius 3 is 2.62 bits per heavy atom. The van der Waals surface area contributed by atoms with Crippen molar-refractivity contribution in [1.82, 2.24) is 19.7 Å². The lowest BCUT2D eigenvalue weighted by Gasteiger charge is -2.11. The molecule has 0 aliphatic carbocycles. The quantitative estimate of drug-likeness (QED) is 0.522. The van der Waals surface area contributed by atoms with Gasteiger partial charge in [0.25, 0.3) is 11.4 Å². The van der Waals surface area contributed by atoms with Gasteiger partial charge in [-0.2, -0.15) is 4.98 Å². The molecule has 154 valence electrons. The molecule has 10 nitrogen and oxygen atoms in total. The van der Waals surface area contributed by atoms with Crippen molar-refractivity contribution in [3.8, 4) is 11.5 Å². The molecule has 0 fully saturated rings. The van der Waals surface area contributed by atoms with Crippen LogP contribution in [-0.2, 0) is 16.1 Å². The van der Waals surface area contributed by atoms with E-state index < -0.39 is 12.1 Å². The molecule has 1 aromatic carbocycles. The van der Waals surface area contributed by atoms with Gasteiger partial charge in [-0.25, -0.2) is 4.98 Å². The number of carbonyl (C=O) groups is 1. The zero-order chi connectivity index (χ0) is 21.0. The Bertz CT molecular complexity index is 1070. The van der Waals surface area contributed by atoms with Crippen molar-refractivity contribution in [2.24, 2.45) is 0 Å². The number of aromatic nitrogens is 4. The first kappa shape index (κ1) is 20.3. The summed E-state index contributed by atoms with van der Waals surface area (Å²) in [6, 6.07) is 3.25. The van der Waals surface area contributed by atoms with Crippen LogP contribution in [-0.4, -0.2) is 39.9 Å². The van der Waals surface area contributed by atoms with Gasteiger partial charge in [0.2, 0.25) is 0 Å². The third-order valence-corrected chi connectivity index (χ3v) is 4.31. The number of rotatable bonds is 8. The first-order valence-corrected chi connectivity index (χ1v) is 9.03. The molecule has 2 aromatic heterocycles. The number of methoxy groups -OCH3 is 2. The Kier molecular flexibility index (Phi) is 6.10. The third kappa shape index (κ3) is 4.53. The van der Waals surface area contributed by atoms with E-state index in [0.717, 1.165) is 0 Å². The zero-order valence-corrected chi connectivity index (χ0v) is 16.7. The van der Waals surface area contributed by atoms with Crippen LogP contribution in [0.3, 0.4) is 0 Å². The summed E-state index contributed by atoms with van der Waals surface area (Å²) in [7, 11) is 3.02. The van der Waals surface area contributed by atoms with Crippen LogP contribution in [0.2, 0.25) is 0 Å². The Hall–Kier alpha value is -3.43. The fraction of sp³-hybridized carbons (Fsp3) is 0.421. The summed E-state index contributed by atoms with van der Waals surface area (Å²) in [4.78, 5) is 33.1. The van der Waals surface area contributed by atoms with Crippen molar-refractivity contribution in [1.29, 1.82) is 0 Å². The maximum Gasteiger partial charge on any atom is 0.306 e. The average molecular weight is 402 g/mol. The lowest BCUT2D eigenvalue weighted by Crippen LogP contribution is -2.21. The Morgan fingerprint density at radius 1 is 1.24 bits per heavy atom. The van der Waals surface area contributed by atoms with Crippen molar-refractivity contribution < 1.29 is 23.5 Å². The molecule has 0 amide bonds. The van der Waals surface area contributed by atoms with Crippen LogP contribution >= 0.6 is 0 Å². The van der Waals surface area contributed by atoms with Gasteiger partial charge in [0.05, 0.1) is 31.4 Å². The largest absolute Gasteiger partial charge is 0.493 e. The van der Waals surface area contributed by atoms with Gasteiger partial charge in [-0.1, -0.05) is 5.16 Å². The maximum absolute atomic E-state index is 12.7. The predicted octanol–water partition coefficient (Wildman–Crippen LogP) is 2.19. The lowest BCUT2D eigenvalue weighted by molar-refractivity contribution is -0.149. The molecule has 3 rings (SSSR count). The lowest BCUT2D eigenvalue weighted by atomic mass is 10.2. The van der Waals surface area contributed by atoms with E-state index in [-0.39, 0.29) is 17.9 Å². The van der Waals surface area contributed by atoms with E-state index in [9.17, 15) is 9.59 Å². The molecule has 1 atom stereocenters. The van der Waals surface area contributed by atoms with E-state index in [4.69, 9.17) is 18.7 Å². The van der Waals surface area contributed by atoms with Gasteiger partial charge in [0.15, 0.2) is 23.4 Å². The van der Waals surface area contributed by atoms with Crippen LogP contribution in [0, 0.1) is 6.92 Å². The van der Waals surface area contributed by atoms with E-state index in [0.29, 0.717) is 41.2 Å². The van der Waals surface area contributed by atoms with Crippen LogP contribution < -0.4 is 15.0 Å². The molecule has 0 aliphatic rings. The van der Waals surface area contributed by atoms with Crippen molar-refractivity contribution in [3.05, 3.63) is 40.5 Å². The highest BCUT2D eigenvalue weighted by Crippen LogP contribution is 2.29. The molecule has 29 heavy (non-hydrogen) atoms. The zero-order valence-electron chi connectivity index (χ0n) is 16.7. The predicted molar refractivity (Wildman–Crippen MR) is 102 cm³/mol. The molecule has 0 N–H and O–H groups in total. The van der Waals surface area contributed by atoms with E-state index in [1.165, 1.54) is 25.1 Å². The standard InChI is InChI=1S/C19H22N4O6/c1-11(18-21-12(2)22-29-18)28-17(24)6-5-7-23-10-20-14-9-16(27-4)15(26-3)8-13(14)19(23)25/h8-11H,5-7H2,1-4H3. The minimum atomic E-state index is -0.629. The fourth-order valence-electron chi connectivity index (χ4n) is 2.82. The molecule has 0 radical (unpaired) electrons. The molecular weight excluding hydrogens is 380 g/mol. The topological polar surface area (TPSA) is 119 Å². The highest BCUT2D eigenvalue weighted by atomic mass is 16.6. The van der Waals surface area contributed by atoms with E-state index in [1.807, 2.05) is 0 Å². The maximum atomic E-state index is 12.7. The third-order valence-electron chi connectivity index (χ3n) is 4.31. The second-order valence-corrected chi connectivity index (χ2v) is 6.38. The van der Waals surface area contributed by atoms with Crippen molar-refractivity contribution >= 4 is 16.9 Å². The van der Waals surface area contributed by atoms with Crippen LogP contribution in [0.1, 0.15) is 37.6 Å². The molecule has 0 bridgehead atoms. The second-order valence-electron chi connectivity index (χ2n) is 6.38. The summed E-state index contributed by atoms with van der Waals surface area (Å²) in [6.45, 7) is 3.66. The molecule has 0 spiro atoms. The minimum Gasteiger partial charge on any atom is -0.493 e. The van der Waals surface area contributed by atoms with Gasteiger partial charge in [-0.05, 0) is 26.3 Å². The highest BCUT2D eigenvalue weighted by molar-refractivity contribution is 5.81. The molecule has 10 heteroatoms. The van der Waals surface area contributed by atoms with E-state index in [1.54, 1.807) is 26.0 Å². The second kappa shape index (κ2) is 8.72. The molecule has 0 saturated heterocycles. The normalized spacial score (nSPS) is 12.0. The van der Waals surface area contributed by atoms with Crippen LogP contribution in [0.25, 0.3) is 10.9 Å². The number of carbonyl (C=O) groups excluding carboxylic acids is 1. The molecule has 3 aromatic rings. The fourth-order valence-corrected chi connectivity index (χ4v) is 2.82. The monoisotopic (exact) mass is 402 g/mol. The minimum absolute atomic E-state index is 0.133. The first-order valence-electron chi connectivity index (χ1n) is 9.03. The van der Waals surface area contributed by atoms with Gasteiger partial charge in [-0.15, -0.1) is 0 Å². The molecule has 0 saturated carbocycles. The van der Waals surface area contributed by atoms with E-state index in [2.05, 4.69) is 15.1 Å². The van der Waals surface area contributed by atoms with Crippen LogP contribution in [0.4, 0.5) is 0 Å². The Balaban J connectivity index is 1.63. The van der Waals surface area contributed by atoms with Crippen LogP contribution in [0.5, 0.6) is 11.5 Å². The SMILES string of the molecule is COc1cc2ncn(CCCC(=O)OC(C)c3nc(C)no3)c(=O)c2cc1OC. The molecule has 1 unspecified atom stereocenters. The molecule has 0 aliphatic heterocycles. The van der Waals surface area contributed by atoms with Gasteiger partial charge in [-0.3, -0.25) is 14.2 Å². The first-order chi connectivity index (χ1) is 13.9. The average Bonchev–Trinajstić information content (AvgIpc) is 3.15. The summed E-state index contributed by atoms with van der Waals surface area (Å²) < 4.78 is 22.2. The highest BCUT2D eigenvalue weighted by Gasteiger charge is 2.17. The number of fused-ring (bicyclic) bond motifs is 1. The van der Waals surface area contributed by atoms with Crippen molar-refractivity contribution in [2.75, 3.05) is 14.2 Å². The summed E-state index contributed by atoms with van der Waals surface area (Å²) in [5.74, 6) is 1.25. The number of aryl methyl sites for hydroxylation is 2. The van der Waals surface area contributed by atoms with Crippen molar-refractivity contribution in [2.45, 2.75) is 39.3 Å². The Labute approximate surface area is 166 Å². The summed E-state index contributed by atoms with van der Waals surface area (Å²) in [5, 5.41) is 4.08. The van der Waals surface area contributed by atoms with Gasteiger partial charge >= 0.3 is 5.97 Å². The molecule has 2 heterocycles. The van der Waals surface area contributed by atoms with Crippen LogP contribution in [0.15, 0.2) is 27.8 Å². The number of hydrogen-bond acceptors (Lipinski definition) is 9. The van der Waals surface area contributed by atoms with E-state index >= 15 is 0 Å². The number of ether oxygens (including phenoxy) is 3. The Morgan fingerprint density at radius 2 is 1.97 bits per heavy atom. The van der Waals surface area contributed by atoms with Crippen molar-refractivity contribution in [3.63, 3.8) is 0 Å². The van der Waals surface area contributed by atoms with Gasteiger partial charge in [0, 0.05) is 19.0 Å². The number of hydrogen-bond donors (Lipinski definition) is 0. The van der Waals surface area contributed by atoms with Gasteiger partial charge < -0.3 is 18.7 Å². The summed E-state index contributed by atoms with van der Waals surface area (Å²) in [6.07, 6.45) is 1.37. The number of benzene rings is 1. The summed E-state index contributed by atoms with van der Waals surface area (Å²) in [5.41, 5.74) is 0.283. The smallest absolute Gasteiger partial charge is 0.306 e. The molecular formula is C19H22N4O6. The van der Waals surface area contributed by atoms with Gasteiger partial charge in [0.1, 0.15) is 0 Å².